The molecule has 3 heteroatoms. The molecule has 2 aromatic heterocycles. The van der Waals surface area contributed by atoms with Crippen LogP contribution >= 0.6 is 11.3 Å². The minimum Gasteiger partial charge on any atom is -0.300 e. The molecule has 2 nitrogen and oxygen atoms in total. The molecule has 112 valence electrons. The van der Waals surface area contributed by atoms with E-state index < -0.39 is 0 Å². The van der Waals surface area contributed by atoms with Gasteiger partial charge in [-0.15, -0.1) is 11.3 Å². The molecule has 0 unspecified atom stereocenters. The van der Waals surface area contributed by atoms with Gasteiger partial charge in [-0.3, -0.25) is 4.79 Å². The van der Waals surface area contributed by atoms with Crippen LogP contribution in [0, 0.1) is 0 Å². The lowest BCUT2D eigenvalue weighted by molar-refractivity contribution is 0.112. The van der Waals surface area contributed by atoms with E-state index in [1.165, 1.54) is 37.9 Å². The van der Waals surface area contributed by atoms with Crippen molar-refractivity contribution in [1.29, 1.82) is 0 Å². The zero-order valence-electron chi connectivity index (χ0n) is 13.0. The Labute approximate surface area is 138 Å². The number of fused-ring (bicyclic) bond motifs is 5. The van der Waals surface area contributed by atoms with Crippen molar-refractivity contribution in [2.75, 3.05) is 0 Å². The topological polar surface area (TPSA) is 22.0 Å². The first-order valence-electron chi connectivity index (χ1n) is 7.75. The van der Waals surface area contributed by atoms with Crippen molar-refractivity contribution < 1.29 is 4.79 Å². The molecule has 3 heterocycles. The molecule has 0 atom stereocenters. The van der Waals surface area contributed by atoms with Gasteiger partial charge in [-0.25, -0.2) is 0 Å². The van der Waals surface area contributed by atoms with Crippen LogP contribution < -0.4 is 0 Å². The predicted molar refractivity (Wildman–Crippen MR) is 96.2 cm³/mol. The number of para-hydroxylation sites is 2. The number of benzene rings is 2. The molecule has 2 aromatic carbocycles. The van der Waals surface area contributed by atoms with E-state index in [0.29, 0.717) is 0 Å². The van der Waals surface area contributed by atoms with Crippen molar-refractivity contribution in [2.45, 2.75) is 19.3 Å². The minimum absolute atomic E-state index is 0.100. The Morgan fingerprint density at radius 2 is 1.78 bits per heavy atom. The Bertz CT molecular complexity index is 1110. The van der Waals surface area contributed by atoms with E-state index in [4.69, 9.17) is 0 Å². The Hall–Kier alpha value is -2.39. The highest BCUT2D eigenvalue weighted by atomic mass is 32.1. The molecule has 0 saturated heterocycles. The molecule has 0 N–H and O–H groups in total. The fraction of sp³-hybridized carbons (Fsp3) is 0.150. The number of carbonyl (C=O) groups is 1. The molecule has 5 rings (SSSR count). The van der Waals surface area contributed by atoms with Crippen LogP contribution in [0.4, 0.5) is 0 Å². The van der Waals surface area contributed by atoms with Crippen molar-refractivity contribution in [2.24, 2.45) is 0 Å². The van der Waals surface area contributed by atoms with Gasteiger partial charge in [-0.05, 0) is 23.3 Å². The number of aromatic nitrogens is 1. The fourth-order valence-electron chi connectivity index (χ4n) is 3.95. The second kappa shape index (κ2) is 4.12. The second-order valence-corrected chi connectivity index (χ2v) is 7.73. The smallest absolute Gasteiger partial charge is 0.160 e. The van der Waals surface area contributed by atoms with Gasteiger partial charge in [-0.2, -0.15) is 0 Å². The van der Waals surface area contributed by atoms with E-state index in [1.807, 2.05) is 0 Å². The first-order valence-corrected chi connectivity index (χ1v) is 8.57. The third-order valence-electron chi connectivity index (χ3n) is 5.09. The van der Waals surface area contributed by atoms with Crippen molar-refractivity contribution >= 4 is 39.4 Å². The van der Waals surface area contributed by atoms with Crippen LogP contribution in [-0.2, 0) is 5.41 Å². The highest BCUT2D eigenvalue weighted by molar-refractivity contribution is 7.16. The summed E-state index contributed by atoms with van der Waals surface area (Å²) in [5.41, 5.74) is 4.97. The Morgan fingerprint density at radius 1 is 1.00 bits per heavy atom. The molecule has 4 aromatic rings. The molecule has 0 bridgehead atoms. The number of nitrogens with zero attached hydrogens (tertiary/aromatic N) is 1. The summed E-state index contributed by atoms with van der Waals surface area (Å²) in [6, 6.07) is 17.2. The number of hydrogen-bond acceptors (Lipinski definition) is 2. The van der Waals surface area contributed by atoms with Crippen molar-refractivity contribution in [3.8, 4) is 5.00 Å². The molecule has 0 amide bonds. The zero-order valence-corrected chi connectivity index (χ0v) is 13.8. The maximum absolute atomic E-state index is 11.4. The standard InChI is InChI=1S/C20H15NOS/c1-20(2)15-8-5-7-14-13-6-3-4-9-17(13)21(18(14)15)19-16(20)10-12(11-22)23-19/h3-11H,1-2H3. The van der Waals surface area contributed by atoms with E-state index in [2.05, 4.69) is 66.9 Å². The van der Waals surface area contributed by atoms with E-state index in [9.17, 15) is 4.79 Å². The summed E-state index contributed by atoms with van der Waals surface area (Å²) in [6.07, 6.45) is 0.965. The summed E-state index contributed by atoms with van der Waals surface area (Å²) in [6.45, 7) is 4.51. The van der Waals surface area contributed by atoms with Gasteiger partial charge in [-0.1, -0.05) is 50.2 Å². The van der Waals surface area contributed by atoms with E-state index in [0.717, 1.165) is 11.2 Å². The average Bonchev–Trinajstić information content (AvgIpc) is 3.13. The molecule has 1 aliphatic rings. The van der Waals surface area contributed by atoms with Gasteiger partial charge in [0.1, 0.15) is 5.00 Å². The maximum atomic E-state index is 11.4. The van der Waals surface area contributed by atoms with Crippen LogP contribution in [0.3, 0.4) is 0 Å². The normalized spacial score (nSPS) is 15.0. The lowest BCUT2D eigenvalue weighted by Gasteiger charge is -2.32. The molecule has 1 aliphatic heterocycles. The quantitative estimate of drug-likeness (QED) is 0.437. The minimum atomic E-state index is -0.100. The van der Waals surface area contributed by atoms with Crippen molar-refractivity contribution in [1.82, 2.24) is 4.57 Å². The summed E-state index contributed by atoms with van der Waals surface area (Å²) < 4.78 is 2.35. The lowest BCUT2D eigenvalue weighted by Crippen LogP contribution is -2.24. The Balaban J connectivity index is 2.10. The van der Waals surface area contributed by atoms with E-state index in [1.54, 1.807) is 11.3 Å². The summed E-state index contributed by atoms with van der Waals surface area (Å²) in [7, 11) is 0. The van der Waals surface area contributed by atoms with Gasteiger partial charge < -0.3 is 4.57 Å². The summed E-state index contributed by atoms with van der Waals surface area (Å²) in [5.74, 6) is 0. The first-order chi connectivity index (χ1) is 11.1. The highest BCUT2D eigenvalue weighted by Crippen LogP contribution is 2.49. The maximum Gasteiger partial charge on any atom is 0.160 e. The lowest BCUT2D eigenvalue weighted by atomic mass is 9.76. The molecular weight excluding hydrogens is 302 g/mol. The third-order valence-corrected chi connectivity index (χ3v) is 6.14. The zero-order chi connectivity index (χ0) is 15.8. The number of hydrogen-bond donors (Lipinski definition) is 0. The van der Waals surface area contributed by atoms with Crippen molar-refractivity contribution in [3.63, 3.8) is 0 Å². The summed E-state index contributed by atoms with van der Waals surface area (Å²) in [4.78, 5) is 12.1. The van der Waals surface area contributed by atoms with Gasteiger partial charge >= 0.3 is 0 Å². The molecule has 0 fully saturated rings. The average molecular weight is 317 g/mol. The largest absolute Gasteiger partial charge is 0.300 e. The van der Waals surface area contributed by atoms with Gasteiger partial charge in [0.25, 0.3) is 0 Å². The van der Waals surface area contributed by atoms with Gasteiger partial charge in [0.15, 0.2) is 6.29 Å². The molecule has 0 spiro atoms. The van der Waals surface area contributed by atoms with Crippen LogP contribution in [0.15, 0.2) is 48.5 Å². The number of aldehydes is 1. The molecular formula is C20H15NOS. The monoisotopic (exact) mass is 317 g/mol. The first kappa shape index (κ1) is 13.1. The van der Waals surface area contributed by atoms with Gasteiger partial charge in [0.05, 0.1) is 15.9 Å². The predicted octanol–water partition coefficient (Wildman–Crippen LogP) is 5.30. The van der Waals surface area contributed by atoms with Gasteiger partial charge in [0.2, 0.25) is 0 Å². The van der Waals surface area contributed by atoms with Crippen LogP contribution in [-0.4, -0.2) is 10.9 Å². The summed E-state index contributed by atoms with van der Waals surface area (Å²) in [5, 5.41) is 3.74. The van der Waals surface area contributed by atoms with Crippen LogP contribution in [0.25, 0.3) is 26.8 Å². The molecule has 0 radical (unpaired) electrons. The number of rotatable bonds is 1. The van der Waals surface area contributed by atoms with Crippen LogP contribution in [0.5, 0.6) is 0 Å². The Kier molecular flexibility index (Phi) is 2.34. The Morgan fingerprint density at radius 3 is 2.61 bits per heavy atom. The van der Waals surface area contributed by atoms with E-state index >= 15 is 0 Å². The molecule has 23 heavy (non-hydrogen) atoms. The molecule has 0 saturated carbocycles. The summed E-state index contributed by atoms with van der Waals surface area (Å²) >= 11 is 1.59. The second-order valence-electron chi connectivity index (χ2n) is 6.66. The van der Waals surface area contributed by atoms with Gasteiger partial charge in [0, 0.05) is 16.2 Å². The number of carbonyl (C=O) groups excluding carboxylic acids is 1. The van der Waals surface area contributed by atoms with Crippen molar-refractivity contribution in [3.05, 3.63) is 64.5 Å². The third kappa shape index (κ3) is 1.46. The fourth-order valence-corrected chi connectivity index (χ4v) is 5.10. The van der Waals surface area contributed by atoms with Crippen LogP contribution in [0.2, 0.25) is 0 Å². The SMILES string of the molecule is CC1(C)c2cc(C=O)sc2-n2c3ccccc3c3cccc1c32. The number of thiophene rings is 1. The highest BCUT2D eigenvalue weighted by Gasteiger charge is 2.36. The molecule has 0 aliphatic carbocycles. The van der Waals surface area contributed by atoms with Crippen LogP contribution in [0.1, 0.15) is 34.6 Å². The van der Waals surface area contributed by atoms with E-state index in [-0.39, 0.29) is 5.41 Å².